The maximum absolute atomic E-state index is 13.5. The largest absolute Gasteiger partial charge is 0.393 e. The van der Waals surface area contributed by atoms with Crippen molar-refractivity contribution < 1.29 is 13.9 Å². The minimum atomic E-state index is -2.88. The van der Waals surface area contributed by atoms with Gasteiger partial charge in [-0.1, -0.05) is 13.0 Å². The minimum Gasteiger partial charge on any atom is -0.393 e. The third-order valence-electron chi connectivity index (χ3n) is 3.37. The number of nitrogens with two attached hydrogens (primary N) is 1. The van der Waals surface area contributed by atoms with Crippen molar-refractivity contribution >= 4 is 0 Å². The summed E-state index contributed by atoms with van der Waals surface area (Å²) >= 11 is 0. The molecule has 0 aromatic rings. The molecule has 1 aliphatic carbocycles. The Balaban J connectivity index is 2.66. The van der Waals surface area contributed by atoms with E-state index in [0.717, 1.165) is 6.42 Å². The Hall–Kier alpha value is -0.480. The number of aliphatic hydroxyl groups excluding tert-OH is 1. The molecule has 0 aliphatic heterocycles. The Bertz CT molecular complexity index is 233. The molecule has 1 rings (SSSR count). The number of halogens is 2. The zero-order valence-corrected chi connectivity index (χ0v) is 9.54. The lowest BCUT2D eigenvalue weighted by atomic mass is 9.89. The summed E-state index contributed by atoms with van der Waals surface area (Å²) in [5, 5.41) is 9.66. The van der Waals surface area contributed by atoms with E-state index in [1.807, 2.05) is 0 Å². The Kier molecular flexibility index (Phi) is 4.87. The van der Waals surface area contributed by atoms with Gasteiger partial charge < -0.3 is 10.8 Å². The minimum absolute atomic E-state index is 0.0331. The molecule has 0 radical (unpaired) electrons. The average Bonchev–Trinajstić information content (AvgIpc) is 2.31. The van der Waals surface area contributed by atoms with Crippen LogP contribution in [0.1, 0.15) is 38.5 Å². The highest BCUT2D eigenvalue weighted by atomic mass is 19.3. The van der Waals surface area contributed by atoms with Crippen molar-refractivity contribution in [3.63, 3.8) is 0 Å². The molecule has 1 saturated carbocycles. The van der Waals surface area contributed by atoms with Crippen molar-refractivity contribution in [2.24, 2.45) is 11.7 Å². The van der Waals surface area contributed by atoms with E-state index in [9.17, 15) is 13.9 Å². The number of hydrogen-bond donors (Lipinski definition) is 2. The van der Waals surface area contributed by atoms with Crippen LogP contribution in [0.3, 0.4) is 0 Å². The Morgan fingerprint density at radius 3 is 2.56 bits per heavy atom. The number of aliphatic hydroxyl groups is 1. The number of alkyl halides is 2. The SMILES string of the molecule is C=CC(F)(F)C1CCCC(N)CCC(O)C1. The van der Waals surface area contributed by atoms with Crippen LogP contribution in [-0.4, -0.2) is 23.2 Å². The monoisotopic (exact) mass is 233 g/mol. The molecule has 94 valence electrons. The molecule has 4 heteroatoms. The Morgan fingerprint density at radius 1 is 1.25 bits per heavy atom. The summed E-state index contributed by atoms with van der Waals surface area (Å²) in [6.45, 7) is 3.17. The first kappa shape index (κ1) is 13.6. The van der Waals surface area contributed by atoms with Crippen molar-refractivity contribution in [3.8, 4) is 0 Å². The molecule has 1 aliphatic rings. The Labute approximate surface area is 95.5 Å². The van der Waals surface area contributed by atoms with Crippen molar-refractivity contribution in [2.45, 2.75) is 56.6 Å². The standard InChI is InChI=1S/C12H21F2NO/c1-2-12(13,14)9-4-3-5-10(15)6-7-11(16)8-9/h2,9-11,16H,1,3-8,15H2. The molecule has 0 amide bonds. The second-order valence-electron chi connectivity index (χ2n) is 4.73. The van der Waals surface area contributed by atoms with E-state index >= 15 is 0 Å². The van der Waals surface area contributed by atoms with E-state index in [2.05, 4.69) is 6.58 Å². The van der Waals surface area contributed by atoms with Crippen LogP contribution in [0.25, 0.3) is 0 Å². The summed E-state index contributed by atoms with van der Waals surface area (Å²) in [6.07, 6.45) is 3.27. The van der Waals surface area contributed by atoms with Crippen molar-refractivity contribution in [1.82, 2.24) is 0 Å². The molecule has 1 fully saturated rings. The van der Waals surface area contributed by atoms with Crippen LogP contribution >= 0.6 is 0 Å². The van der Waals surface area contributed by atoms with E-state index < -0.39 is 17.9 Å². The molecule has 3 unspecified atom stereocenters. The summed E-state index contributed by atoms with van der Waals surface area (Å²) in [5.74, 6) is -3.68. The molecule has 2 nitrogen and oxygen atoms in total. The summed E-state index contributed by atoms with van der Waals surface area (Å²) < 4.78 is 27.0. The molecule has 0 spiro atoms. The highest BCUT2D eigenvalue weighted by molar-refractivity contribution is 4.94. The first-order valence-electron chi connectivity index (χ1n) is 5.90. The van der Waals surface area contributed by atoms with Crippen molar-refractivity contribution in [3.05, 3.63) is 12.7 Å². The van der Waals surface area contributed by atoms with Crippen LogP contribution in [0.5, 0.6) is 0 Å². The van der Waals surface area contributed by atoms with Gasteiger partial charge in [0.2, 0.25) is 0 Å². The van der Waals surface area contributed by atoms with Gasteiger partial charge in [-0.3, -0.25) is 0 Å². The van der Waals surface area contributed by atoms with Crippen LogP contribution in [0, 0.1) is 5.92 Å². The van der Waals surface area contributed by atoms with E-state index in [4.69, 9.17) is 5.73 Å². The fourth-order valence-corrected chi connectivity index (χ4v) is 2.26. The molecule has 0 heterocycles. The first-order chi connectivity index (χ1) is 7.45. The predicted molar refractivity (Wildman–Crippen MR) is 60.3 cm³/mol. The molecule has 16 heavy (non-hydrogen) atoms. The topological polar surface area (TPSA) is 46.2 Å². The molecule has 3 N–H and O–H groups in total. The predicted octanol–water partition coefficient (Wildman–Crippen LogP) is 2.47. The smallest absolute Gasteiger partial charge is 0.269 e. The molecule has 0 aromatic carbocycles. The van der Waals surface area contributed by atoms with Gasteiger partial charge in [0.1, 0.15) is 0 Å². The second kappa shape index (κ2) is 5.73. The quantitative estimate of drug-likeness (QED) is 0.720. The maximum atomic E-state index is 13.5. The molecule has 0 saturated heterocycles. The van der Waals surface area contributed by atoms with Gasteiger partial charge in [-0.15, -0.1) is 0 Å². The molecule has 0 aromatic heterocycles. The maximum Gasteiger partial charge on any atom is 0.269 e. The van der Waals surface area contributed by atoms with E-state index in [-0.39, 0.29) is 12.5 Å². The normalized spacial score (nSPS) is 33.6. The highest BCUT2D eigenvalue weighted by Crippen LogP contribution is 2.35. The van der Waals surface area contributed by atoms with Crippen LogP contribution in [-0.2, 0) is 0 Å². The summed E-state index contributed by atoms with van der Waals surface area (Å²) in [4.78, 5) is 0. The fraction of sp³-hybridized carbons (Fsp3) is 0.833. The number of allylic oxidation sites excluding steroid dienone is 1. The second-order valence-corrected chi connectivity index (χ2v) is 4.73. The lowest BCUT2D eigenvalue weighted by Crippen LogP contribution is -2.29. The van der Waals surface area contributed by atoms with Crippen LogP contribution in [0.2, 0.25) is 0 Å². The van der Waals surface area contributed by atoms with Gasteiger partial charge in [0, 0.05) is 12.0 Å². The summed E-state index contributed by atoms with van der Waals surface area (Å²) in [5.41, 5.74) is 5.80. The highest BCUT2D eigenvalue weighted by Gasteiger charge is 2.37. The van der Waals surface area contributed by atoms with Gasteiger partial charge >= 0.3 is 0 Å². The Morgan fingerprint density at radius 2 is 1.94 bits per heavy atom. The van der Waals surface area contributed by atoms with E-state index in [0.29, 0.717) is 31.8 Å². The van der Waals surface area contributed by atoms with Crippen molar-refractivity contribution in [1.29, 1.82) is 0 Å². The van der Waals surface area contributed by atoms with Crippen molar-refractivity contribution in [2.75, 3.05) is 0 Å². The molecular formula is C12H21F2NO. The third-order valence-corrected chi connectivity index (χ3v) is 3.37. The fourth-order valence-electron chi connectivity index (χ4n) is 2.26. The molecule has 3 atom stereocenters. The van der Waals surface area contributed by atoms with Crippen LogP contribution < -0.4 is 5.73 Å². The first-order valence-corrected chi connectivity index (χ1v) is 5.90. The van der Waals surface area contributed by atoms with Crippen LogP contribution in [0.15, 0.2) is 12.7 Å². The van der Waals surface area contributed by atoms with Gasteiger partial charge in [0.05, 0.1) is 6.10 Å². The molecular weight excluding hydrogens is 212 g/mol. The van der Waals surface area contributed by atoms with E-state index in [1.165, 1.54) is 0 Å². The van der Waals surface area contributed by atoms with Gasteiger partial charge in [0.25, 0.3) is 5.92 Å². The number of rotatable bonds is 2. The summed E-state index contributed by atoms with van der Waals surface area (Å²) in [6, 6.07) is 0.0331. The van der Waals surface area contributed by atoms with E-state index in [1.54, 1.807) is 0 Å². The zero-order valence-electron chi connectivity index (χ0n) is 9.54. The third kappa shape index (κ3) is 3.83. The number of hydrogen-bond acceptors (Lipinski definition) is 2. The van der Waals surface area contributed by atoms with Gasteiger partial charge in [-0.25, -0.2) is 8.78 Å². The lowest BCUT2D eigenvalue weighted by molar-refractivity contribution is -0.0341. The van der Waals surface area contributed by atoms with Gasteiger partial charge in [-0.2, -0.15) is 0 Å². The van der Waals surface area contributed by atoms with Gasteiger partial charge in [0.15, 0.2) is 0 Å². The lowest BCUT2D eigenvalue weighted by Gasteiger charge is -2.25. The zero-order chi connectivity index (χ0) is 12.2. The average molecular weight is 233 g/mol. The van der Waals surface area contributed by atoms with Gasteiger partial charge in [-0.05, 0) is 38.2 Å². The molecule has 0 bridgehead atoms. The summed E-state index contributed by atoms with van der Waals surface area (Å²) in [7, 11) is 0. The van der Waals surface area contributed by atoms with Crippen LogP contribution in [0.4, 0.5) is 8.78 Å².